The van der Waals surface area contributed by atoms with Gasteiger partial charge in [0, 0.05) is 49.6 Å². The van der Waals surface area contributed by atoms with E-state index >= 15 is 0 Å². The van der Waals surface area contributed by atoms with Crippen LogP contribution in [0.4, 0.5) is 32.3 Å². The van der Waals surface area contributed by atoms with Gasteiger partial charge in [-0.2, -0.15) is 0 Å². The molecule has 2 aliphatic heterocycles. The highest BCUT2D eigenvalue weighted by molar-refractivity contribution is 6.11. The summed E-state index contributed by atoms with van der Waals surface area (Å²) in [5.74, 6) is -0.590. The Balaban J connectivity index is 1.17. The van der Waals surface area contributed by atoms with Gasteiger partial charge >= 0.3 is 12.2 Å². The highest BCUT2D eigenvalue weighted by Gasteiger charge is 2.39. The van der Waals surface area contributed by atoms with E-state index in [1.54, 1.807) is 35.5 Å². The van der Waals surface area contributed by atoms with E-state index in [9.17, 15) is 14.4 Å². The van der Waals surface area contributed by atoms with Gasteiger partial charge in [-0.15, -0.1) is 5.10 Å². The molecule has 3 atom stereocenters. The number of piperidine rings is 1. The fourth-order valence-corrected chi connectivity index (χ4v) is 7.13. The molecule has 2 aromatic carbocycles. The Morgan fingerprint density at radius 2 is 1.71 bits per heavy atom. The molecule has 3 N–H and O–H groups in total. The lowest BCUT2D eigenvalue weighted by Gasteiger charge is -2.44. The quantitative estimate of drug-likeness (QED) is 0.168. The van der Waals surface area contributed by atoms with Crippen molar-refractivity contribution in [3.8, 4) is 0 Å². The van der Waals surface area contributed by atoms with Crippen molar-refractivity contribution in [2.75, 3.05) is 59.8 Å². The van der Waals surface area contributed by atoms with Gasteiger partial charge in [0.05, 0.1) is 60.3 Å². The second-order valence-corrected chi connectivity index (χ2v) is 14.9. The zero-order valence-corrected chi connectivity index (χ0v) is 31.8. The van der Waals surface area contributed by atoms with Crippen LogP contribution in [0.2, 0.25) is 0 Å². The molecule has 5 aromatic rings. The van der Waals surface area contributed by atoms with E-state index in [1.165, 1.54) is 0 Å². The average Bonchev–Trinajstić information content (AvgIpc) is 3.71. The lowest BCUT2D eigenvalue weighted by atomic mass is 9.89. The number of nitrogens with one attached hydrogen (secondary N) is 3. The summed E-state index contributed by atoms with van der Waals surface area (Å²) in [5.41, 5.74) is 2.93. The maximum atomic E-state index is 14.3. The average molecular weight is 763 g/mol. The number of morpholine rings is 1. The number of anilines is 4. The van der Waals surface area contributed by atoms with Gasteiger partial charge in [0.25, 0.3) is 5.91 Å². The number of fused-ring (bicyclic) bond motifs is 1. The maximum Gasteiger partial charge on any atom is 0.412 e. The Labute approximate surface area is 324 Å². The smallest absolute Gasteiger partial charge is 0.412 e. The largest absolute Gasteiger partial charge is 0.444 e. The lowest BCUT2D eigenvalue weighted by molar-refractivity contribution is 0.0465. The first-order chi connectivity index (χ1) is 27.0. The van der Waals surface area contributed by atoms with Crippen LogP contribution in [0, 0.1) is 5.92 Å². The number of aromatic nitrogens is 5. The third-order valence-electron chi connectivity index (χ3n) is 9.60. The molecule has 5 heterocycles. The Bertz CT molecular complexity index is 2150. The van der Waals surface area contributed by atoms with E-state index < -0.39 is 29.7 Å². The van der Waals surface area contributed by atoms with Crippen LogP contribution in [0.5, 0.6) is 0 Å². The van der Waals surface area contributed by atoms with Gasteiger partial charge in [-0.05, 0) is 56.5 Å². The van der Waals surface area contributed by atoms with Crippen LogP contribution in [0.1, 0.15) is 49.8 Å². The number of ether oxygens (including phenoxy) is 3. The number of benzene rings is 2. The van der Waals surface area contributed by atoms with E-state index in [0.29, 0.717) is 43.2 Å². The molecule has 3 aromatic heterocycles. The topological polar surface area (TPSA) is 178 Å². The maximum absolute atomic E-state index is 14.3. The molecule has 2 aliphatic rings. The van der Waals surface area contributed by atoms with Gasteiger partial charge in [0.1, 0.15) is 12.2 Å². The summed E-state index contributed by atoms with van der Waals surface area (Å²) in [7, 11) is 0. The number of rotatable bonds is 9. The number of amides is 3. The van der Waals surface area contributed by atoms with Crippen LogP contribution in [0.25, 0.3) is 10.9 Å². The Kier molecular flexibility index (Phi) is 11.3. The number of nitrogens with zero attached hydrogens (tertiary/aromatic N) is 7. The summed E-state index contributed by atoms with van der Waals surface area (Å²) in [5, 5.41) is 17.8. The van der Waals surface area contributed by atoms with E-state index in [2.05, 4.69) is 48.0 Å². The Hall–Kier alpha value is -6.29. The molecule has 3 amide bonds. The Morgan fingerprint density at radius 1 is 0.911 bits per heavy atom. The third-order valence-corrected chi connectivity index (χ3v) is 9.60. The predicted molar refractivity (Wildman–Crippen MR) is 211 cm³/mol. The number of carbonyl (C=O) groups is 3. The molecule has 0 saturated carbocycles. The van der Waals surface area contributed by atoms with Crippen LogP contribution in [0.3, 0.4) is 0 Å². The van der Waals surface area contributed by atoms with E-state index in [4.69, 9.17) is 19.2 Å². The first-order valence-electron chi connectivity index (χ1n) is 18.6. The first kappa shape index (κ1) is 38.0. The molecule has 2 saturated heterocycles. The molecule has 16 heteroatoms. The van der Waals surface area contributed by atoms with E-state index in [-0.39, 0.29) is 29.9 Å². The van der Waals surface area contributed by atoms with Crippen molar-refractivity contribution in [1.82, 2.24) is 30.3 Å². The highest BCUT2D eigenvalue weighted by Crippen LogP contribution is 2.35. The minimum Gasteiger partial charge on any atom is -0.444 e. The zero-order chi connectivity index (χ0) is 39.2. The van der Waals surface area contributed by atoms with Crippen LogP contribution < -0.4 is 25.8 Å². The van der Waals surface area contributed by atoms with Crippen molar-refractivity contribution >= 4 is 51.7 Å². The van der Waals surface area contributed by atoms with Crippen LogP contribution in [-0.2, 0) is 20.8 Å². The monoisotopic (exact) mass is 762 g/mol. The van der Waals surface area contributed by atoms with E-state index in [1.807, 2.05) is 75.4 Å². The van der Waals surface area contributed by atoms with Gasteiger partial charge in [0.2, 0.25) is 0 Å². The van der Waals surface area contributed by atoms with Crippen molar-refractivity contribution in [3.63, 3.8) is 0 Å². The summed E-state index contributed by atoms with van der Waals surface area (Å²) < 4.78 is 18.4. The van der Waals surface area contributed by atoms with Gasteiger partial charge in [0.15, 0.2) is 5.69 Å². The number of pyridine rings is 2. The molecule has 292 valence electrons. The fraction of sp³-hybridized carbons (Fsp3) is 0.375. The molecular formula is C40H46N10O6. The Morgan fingerprint density at radius 3 is 2.46 bits per heavy atom. The van der Waals surface area contributed by atoms with Crippen molar-refractivity contribution in [3.05, 3.63) is 96.7 Å². The van der Waals surface area contributed by atoms with Crippen molar-refractivity contribution < 1.29 is 28.6 Å². The van der Waals surface area contributed by atoms with Gasteiger partial charge in [-0.25, -0.2) is 19.3 Å². The minimum absolute atomic E-state index is 0.00850. The summed E-state index contributed by atoms with van der Waals surface area (Å²) in [6, 6.07) is 18.0. The van der Waals surface area contributed by atoms with Crippen LogP contribution in [0.15, 0.2) is 85.5 Å². The van der Waals surface area contributed by atoms with Crippen LogP contribution in [-0.4, -0.2) is 94.1 Å². The van der Waals surface area contributed by atoms with E-state index in [0.717, 1.165) is 29.7 Å². The van der Waals surface area contributed by atoms with Crippen LogP contribution >= 0.6 is 0 Å². The molecule has 7 rings (SSSR count). The third kappa shape index (κ3) is 9.14. The molecule has 16 nitrogen and oxygen atoms in total. The van der Waals surface area contributed by atoms with Gasteiger partial charge < -0.3 is 34.6 Å². The number of carbonyl (C=O) groups excluding carboxylic acids is 3. The summed E-state index contributed by atoms with van der Waals surface area (Å²) in [6.07, 6.45) is 5.32. The summed E-state index contributed by atoms with van der Waals surface area (Å²) >= 11 is 0. The molecule has 0 bridgehead atoms. The fourth-order valence-electron chi connectivity index (χ4n) is 7.13. The lowest BCUT2D eigenvalue weighted by Crippen LogP contribution is -2.57. The molecular weight excluding hydrogens is 717 g/mol. The normalized spacial score (nSPS) is 18.6. The summed E-state index contributed by atoms with van der Waals surface area (Å²) in [4.78, 5) is 54.0. The zero-order valence-electron chi connectivity index (χ0n) is 31.8. The first-order valence-corrected chi connectivity index (χ1v) is 18.6. The van der Waals surface area contributed by atoms with Gasteiger partial charge in [-0.1, -0.05) is 48.5 Å². The number of hydrogen-bond donors (Lipinski definition) is 3. The molecule has 0 radical (unpaired) electrons. The van der Waals surface area contributed by atoms with Gasteiger partial charge in [-0.3, -0.25) is 15.1 Å². The molecule has 0 spiro atoms. The molecule has 56 heavy (non-hydrogen) atoms. The number of alkyl carbamates (subject to hydrolysis) is 1. The highest BCUT2D eigenvalue weighted by atomic mass is 16.6. The second-order valence-electron chi connectivity index (χ2n) is 14.9. The molecule has 0 unspecified atom stereocenters. The summed E-state index contributed by atoms with van der Waals surface area (Å²) in [6.45, 7) is 11.2. The van der Waals surface area contributed by atoms with Crippen molar-refractivity contribution in [2.45, 2.75) is 52.0 Å². The predicted octanol–water partition coefficient (Wildman–Crippen LogP) is 5.65. The standard InChI is InChI=1S/C40H46N10O6/c1-26-23-49(24-33(36(26)50-15-14-42-47-50)46-39(53)56-40(2,3)4)34-12-13-41-22-32(34)44-37(51)35-31(45-38(52)55-25-27-8-6-5-7-9-27)20-28-10-11-29(21-30(28)43-35)48-16-18-54-19-17-48/h5-15,20-22,26,33,36H,16-19,23-25H2,1-4H3,(H,44,51)(H,45,52)(H,46,53)/t26-,33+,36-/m0/s1. The molecule has 0 aliphatic carbocycles. The van der Waals surface area contributed by atoms with Crippen molar-refractivity contribution in [1.29, 1.82) is 0 Å². The van der Waals surface area contributed by atoms with Crippen molar-refractivity contribution in [2.24, 2.45) is 5.92 Å². The second kappa shape index (κ2) is 16.6. The SMILES string of the molecule is C[C@H]1CN(c2ccncc2NC(=O)c2nc3cc(N4CCOCC4)ccc3cc2NC(=O)OCc2ccccc2)C[C@@H](NC(=O)OC(C)(C)C)[C@H]1n1ccnn1. The minimum atomic E-state index is -0.733. The number of hydrogen-bond acceptors (Lipinski definition) is 12. The molecule has 2 fully saturated rings.